The summed E-state index contributed by atoms with van der Waals surface area (Å²) < 4.78 is 5.31. The number of ether oxygens (including phenoxy) is 1. The fraction of sp³-hybridized carbons (Fsp3) is 0.615. The lowest BCUT2D eigenvalue weighted by Gasteiger charge is -2.43. The summed E-state index contributed by atoms with van der Waals surface area (Å²) in [6, 6.07) is 3.84. The van der Waals surface area contributed by atoms with Gasteiger partial charge in [0.15, 0.2) is 0 Å². The number of amides is 4. The Morgan fingerprint density at radius 3 is 2.25 bits per heavy atom. The predicted molar refractivity (Wildman–Crippen MR) is 137 cm³/mol. The highest BCUT2D eigenvalue weighted by Gasteiger charge is 2.42. The first-order chi connectivity index (χ1) is 16.6. The van der Waals surface area contributed by atoms with E-state index in [0.717, 1.165) is 12.8 Å². The maximum Gasteiger partial charge on any atom is 0.408 e. The van der Waals surface area contributed by atoms with E-state index in [2.05, 4.69) is 10.6 Å². The molecule has 1 aromatic carbocycles. The zero-order valence-electron chi connectivity index (χ0n) is 22.5. The van der Waals surface area contributed by atoms with Gasteiger partial charge in [0.05, 0.1) is 0 Å². The van der Waals surface area contributed by atoms with Gasteiger partial charge in [-0.3, -0.25) is 14.4 Å². The van der Waals surface area contributed by atoms with E-state index in [0.29, 0.717) is 12.1 Å². The number of hydrogen-bond acceptors (Lipinski definition) is 6. The minimum atomic E-state index is -1.19. The fourth-order valence-corrected chi connectivity index (χ4v) is 3.60. The average molecular weight is 507 g/mol. The molecule has 0 aromatic heterocycles. The molecule has 0 heterocycles. The molecule has 0 saturated heterocycles. The summed E-state index contributed by atoms with van der Waals surface area (Å²) in [5, 5.41) is 15.5. The Kier molecular flexibility index (Phi) is 11.2. The first kappa shape index (κ1) is 30.7. The Labute approximate surface area is 213 Å². The molecule has 1 rings (SSSR count). The van der Waals surface area contributed by atoms with Gasteiger partial charge in [0.2, 0.25) is 17.7 Å². The number of aromatic hydroxyl groups is 1. The van der Waals surface area contributed by atoms with Crippen molar-refractivity contribution in [1.29, 1.82) is 0 Å². The quantitative estimate of drug-likeness (QED) is 0.339. The molecule has 0 aliphatic heterocycles. The maximum atomic E-state index is 14.0. The first-order valence-corrected chi connectivity index (χ1v) is 12.2. The van der Waals surface area contributed by atoms with E-state index >= 15 is 0 Å². The van der Waals surface area contributed by atoms with Gasteiger partial charge in [0.1, 0.15) is 23.4 Å². The van der Waals surface area contributed by atoms with Crippen molar-refractivity contribution in [1.82, 2.24) is 15.5 Å². The minimum absolute atomic E-state index is 0.0580. The molecule has 0 spiro atoms. The normalized spacial score (nSPS) is 13.3. The highest BCUT2D eigenvalue weighted by Crippen LogP contribution is 2.32. The molecule has 0 bridgehead atoms. The number of benzene rings is 1. The number of nitrogens with two attached hydrogens (primary N) is 1. The van der Waals surface area contributed by atoms with Crippen LogP contribution in [0.25, 0.3) is 0 Å². The van der Waals surface area contributed by atoms with E-state index < -0.39 is 47.0 Å². The summed E-state index contributed by atoms with van der Waals surface area (Å²) in [6.07, 6.45) is 0.547. The Morgan fingerprint density at radius 1 is 1.11 bits per heavy atom. The number of nitrogens with zero attached hydrogens (tertiary/aromatic N) is 1. The van der Waals surface area contributed by atoms with Crippen molar-refractivity contribution in [3.8, 4) is 5.75 Å². The van der Waals surface area contributed by atoms with Gasteiger partial charge in [-0.15, -0.1) is 0 Å². The number of unbranched alkanes of at least 4 members (excludes halogenated alkanes) is 1. The molecular formula is C26H42N4O6. The molecule has 202 valence electrons. The average Bonchev–Trinajstić information content (AvgIpc) is 2.72. The van der Waals surface area contributed by atoms with Crippen LogP contribution in [-0.2, 0) is 19.1 Å². The third-order valence-electron chi connectivity index (χ3n) is 5.15. The molecule has 0 fully saturated rings. The smallest absolute Gasteiger partial charge is 0.408 e. The highest BCUT2D eigenvalue weighted by molar-refractivity contribution is 5.93. The fourth-order valence-electron chi connectivity index (χ4n) is 3.60. The molecule has 4 amide bonds. The van der Waals surface area contributed by atoms with E-state index in [-0.39, 0.29) is 18.6 Å². The van der Waals surface area contributed by atoms with Gasteiger partial charge in [-0.1, -0.05) is 25.5 Å². The van der Waals surface area contributed by atoms with Gasteiger partial charge in [0, 0.05) is 18.5 Å². The third kappa shape index (κ3) is 10.1. The second-order valence-electron chi connectivity index (χ2n) is 10.7. The molecule has 2 atom stereocenters. The molecule has 0 aliphatic rings. The minimum Gasteiger partial charge on any atom is -0.508 e. The topological polar surface area (TPSA) is 151 Å². The van der Waals surface area contributed by atoms with Crippen LogP contribution in [0.2, 0.25) is 0 Å². The molecule has 2 unspecified atom stereocenters. The Morgan fingerprint density at radius 2 is 1.75 bits per heavy atom. The Hall–Kier alpha value is -3.30. The van der Waals surface area contributed by atoms with Crippen molar-refractivity contribution >= 4 is 23.8 Å². The number of hydrogen-bond donors (Lipinski definition) is 4. The third-order valence-corrected chi connectivity index (χ3v) is 5.15. The van der Waals surface area contributed by atoms with E-state index in [4.69, 9.17) is 10.5 Å². The summed E-state index contributed by atoms with van der Waals surface area (Å²) in [5.41, 5.74) is 4.02. The van der Waals surface area contributed by atoms with Crippen LogP contribution in [0, 0.1) is 0 Å². The zero-order chi connectivity index (χ0) is 27.7. The van der Waals surface area contributed by atoms with Crippen molar-refractivity contribution in [2.75, 3.05) is 6.54 Å². The van der Waals surface area contributed by atoms with Crippen molar-refractivity contribution in [3.63, 3.8) is 0 Å². The maximum absolute atomic E-state index is 14.0. The lowest BCUT2D eigenvalue weighted by Crippen LogP contribution is -2.58. The number of nitrogens with one attached hydrogen (secondary N) is 2. The number of carbonyl (C=O) groups excluding carboxylic acids is 4. The van der Waals surface area contributed by atoms with Gasteiger partial charge < -0.3 is 31.1 Å². The van der Waals surface area contributed by atoms with Crippen LogP contribution in [0.15, 0.2) is 24.3 Å². The molecule has 0 radical (unpaired) electrons. The summed E-state index contributed by atoms with van der Waals surface area (Å²) in [6.45, 7) is 12.8. The van der Waals surface area contributed by atoms with E-state index in [1.165, 1.54) is 17.0 Å². The number of rotatable bonds is 11. The molecule has 5 N–H and O–H groups in total. The summed E-state index contributed by atoms with van der Waals surface area (Å²) in [5.74, 6) is -1.71. The van der Waals surface area contributed by atoms with Crippen LogP contribution in [-0.4, -0.2) is 57.5 Å². The van der Waals surface area contributed by atoms with Crippen molar-refractivity contribution in [2.45, 2.75) is 97.4 Å². The molecule has 1 aromatic rings. The second kappa shape index (κ2) is 13.1. The molecule has 0 aliphatic carbocycles. The van der Waals surface area contributed by atoms with Crippen LogP contribution >= 0.6 is 0 Å². The van der Waals surface area contributed by atoms with Crippen molar-refractivity contribution < 1.29 is 29.0 Å². The molecular weight excluding hydrogens is 464 g/mol. The van der Waals surface area contributed by atoms with E-state index in [1.807, 2.05) is 6.92 Å². The first-order valence-electron chi connectivity index (χ1n) is 12.2. The van der Waals surface area contributed by atoms with Crippen LogP contribution in [0.5, 0.6) is 5.75 Å². The van der Waals surface area contributed by atoms with Crippen molar-refractivity contribution in [3.05, 3.63) is 29.8 Å². The molecule has 10 nitrogen and oxygen atoms in total. The number of carbonyl (C=O) groups is 4. The number of primary amides is 1. The molecule has 36 heavy (non-hydrogen) atoms. The molecule has 0 saturated carbocycles. The number of phenols is 1. The van der Waals surface area contributed by atoms with E-state index in [9.17, 15) is 24.3 Å². The second-order valence-corrected chi connectivity index (χ2v) is 10.7. The van der Waals surface area contributed by atoms with Crippen LogP contribution < -0.4 is 16.4 Å². The highest BCUT2D eigenvalue weighted by atomic mass is 16.6. The van der Waals surface area contributed by atoms with Gasteiger partial charge >= 0.3 is 6.09 Å². The largest absolute Gasteiger partial charge is 0.508 e. The van der Waals surface area contributed by atoms with Gasteiger partial charge in [-0.25, -0.2) is 4.79 Å². The van der Waals surface area contributed by atoms with Gasteiger partial charge in [0.25, 0.3) is 0 Å². The molecule has 10 heteroatoms. The lowest BCUT2D eigenvalue weighted by molar-refractivity contribution is -0.148. The standard InChI is InChI=1S/C26H42N4O6/c1-8-9-15-28-22(33)21(17-11-10-12-18(31)16-17)30(25(2,3)4)23(34)19(13-14-20(27)32)29-24(35)36-26(5,6)7/h10-12,16,19,21,31H,8-9,13-15H2,1-7H3,(H2,27,32)(H,28,33)(H,29,35). The summed E-state index contributed by atoms with van der Waals surface area (Å²) >= 11 is 0. The predicted octanol–water partition coefficient (Wildman–Crippen LogP) is 3.14. The number of alkyl carbamates (subject to hydrolysis) is 1. The lowest BCUT2D eigenvalue weighted by atomic mass is 9.94. The summed E-state index contributed by atoms with van der Waals surface area (Å²) in [4.78, 5) is 52.9. The summed E-state index contributed by atoms with van der Waals surface area (Å²) in [7, 11) is 0. The van der Waals surface area contributed by atoms with E-state index in [1.54, 1.807) is 53.7 Å². The van der Waals surface area contributed by atoms with Crippen LogP contribution in [0.1, 0.15) is 85.8 Å². The Balaban J connectivity index is 3.52. The van der Waals surface area contributed by atoms with Gasteiger partial charge in [-0.05, 0) is 72.1 Å². The zero-order valence-corrected chi connectivity index (χ0v) is 22.5. The van der Waals surface area contributed by atoms with Gasteiger partial charge in [-0.2, -0.15) is 0 Å². The van der Waals surface area contributed by atoms with Crippen molar-refractivity contribution in [2.24, 2.45) is 5.73 Å². The SMILES string of the molecule is CCCCNC(=O)C(c1cccc(O)c1)N(C(=O)C(CCC(N)=O)NC(=O)OC(C)(C)C)C(C)(C)C. The van der Waals surface area contributed by atoms with Crippen LogP contribution in [0.4, 0.5) is 4.79 Å². The Bertz CT molecular complexity index is 920. The van der Waals surface area contributed by atoms with Crippen LogP contribution in [0.3, 0.4) is 0 Å². The monoisotopic (exact) mass is 506 g/mol. The number of phenolic OH excluding ortho intramolecular Hbond substituents is 1.